The molecule has 0 saturated heterocycles. The van der Waals surface area contributed by atoms with Gasteiger partial charge in [-0.05, 0) is 25.0 Å². The van der Waals surface area contributed by atoms with Crippen molar-refractivity contribution in [3.05, 3.63) is 30.1 Å². The van der Waals surface area contributed by atoms with Crippen molar-refractivity contribution in [3.63, 3.8) is 0 Å². The number of hydrogen-bond donors (Lipinski definition) is 2. The molecule has 3 heteroatoms. The predicted octanol–water partition coefficient (Wildman–Crippen LogP) is 1.47. The van der Waals surface area contributed by atoms with E-state index >= 15 is 0 Å². The van der Waals surface area contributed by atoms with Crippen LogP contribution in [0.1, 0.15) is 31.4 Å². The highest BCUT2D eigenvalue weighted by molar-refractivity contribution is 5.03. The summed E-state index contributed by atoms with van der Waals surface area (Å²) in [5.74, 6) is 0. The zero-order valence-corrected chi connectivity index (χ0v) is 8.89. The summed E-state index contributed by atoms with van der Waals surface area (Å²) in [6.07, 6.45) is 6.00. The largest absolute Gasteiger partial charge is 0.392 e. The van der Waals surface area contributed by atoms with E-state index in [-0.39, 0.29) is 12.1 Å². The van der Waals surface area contributed by atoms with E-state index in [4.69, 9.17) is 0 Å². The lowest BCUT2D eigenvalue weighted by atomic mass is 9.92. The Hall–Kier alpha value is -0.930. The highest BCUT2D eigenvalue weighted by Gasteiger charge is 2.21. The van der Waals surface area contributed by atoms with Crippen LogP contribution in [-0.2, 0) is 6.54 Å². The van der Waals surface area contributed by atoms with Gasteiger partial charge in [-0.3, -0.25) is 4.98 Å². The lowest BCUT2D eigenvalue weighted by Gasteiger charge is -2.28. The quantitative estimate of drug-likeness (QED) is 0.787. The Morgan fingerprint density at radius 2 is 2.20 bits per heavy atom. The zero-order valence-electron chi connectivity index (χ0n) is 8.89. The van der Waals surface area contributed by atoms with Gasteiger partial charge >= 0.3 is 0 Å². The maximum atomic E-state index is 9.76. The van der Waals surface area contributed by atoms with Crippen molar-refractivity contribution < 1.29 is 5.11 Å². The Labute approximate surface area is 90.5 Å². The molecule has 1 aromatic heterocycles. The fourth-order valence-electron chi connectivity index (χ4n) is 2.09. The van der Waals surface area contributed by atoms with Crippen LogP contribution in [0.5, 0.6) is 0 Å². The van der Waals surface area contributed by atoms with Gasteiger partial charge in [-0.2, -0.15) is 0 Å². The van der Waals surface area contributed by atoms with Crippen molar-refractivity contribution in [2.24, 2.45) is 0 Å². The molecule has 2 N–H and O–H groups in total. The average Bonchev–Trinajstić information content (AvgIpc) is 2.29. The third-order valence-electron chi connectivity index (χ3n) is 3.00. The van der Waals surface area contributed by atoms with Crippen LogP contribution < -0.4 is 5.32 Å². The standard InChI is InChI=1S/C12H18N2O/c15-12-7-2-1-6-11(12)14-9-10-5-3-4-8-13-10/h3-5,8,11-12,14-15H,1-2,6-7,9H2/t11-,12-/m0/s1. The normalized spacial score (nSPS) is 26.5. The molecule has 1 saturated carbocycles. The molecule has 1 aliphatic rings. The molecule has 1 fully saturated rings. The summed E-state index contributed by atoms with van der Waals surface area (Å²) < 4.78 is 0. The highest BCUT2D eigenvalue weighted by Crippen LogP contribution is 2.18. The van der Waals surface area contributed by atoms with Gasteiger partial charge in [0, 0.05) is 18.8 Å². The van der Waals surface area contributed by atoms with Crippen LogP contribution in [0.4, 0.5) is 0 Å². The van der Waals surface area contributed by atoms with Crippen molar-refractivity contribution in [1.29, 1.82) is 0 Å². The van der Waals surface area contributed by atoms with Gasteiger partial charge < -0.3 is 10.4 Å². The number of hydrogen-bond acceptors (Lipinski definition) is 3. The molecule has 0 spiro atoms. The van der Waals surface area contributed by atoms with E-state index in [9.17, 15) is 5.11 Å². The smallest absolute Gasteiger partial charge is 0.0693 e. The summed E-state index contributed by atoms with van der Waals surface area (Å²) >= 11 is 0. The maximum absolute atomic E-state index is 9.76. The first-order valence-corrected chi connectivity index (χ1v) is 5.67. The third kappa shape index (κ3) is 3.01. The second-order valence-corrected chi connectivity index (χ2v) is 4.16. The fourth-order valence-corrected chi connectivity index (χ4v) is 2.09. The van der Waals surface area contributed by atoms with Crippen LogP contribution >= 0.6 is 0 Å². The van der Waals surface area contributed by atoms with E-state index in [0.29, 0.717) is 0 Å². The summed E-state index contributed by atoms with van der Waals surface area (Å²) in [6, 6.07) is 6.16. The molecular formula is C12H18N2O. The van der Waals surface area contributed by atoms with Crippen LogP contribution in [0.25, 0.3) is 0 Å². The van der Waals surface area contributed by atoms with Crippen molar-refractivity contribution in [2.75, 3.05) is 0 Å². The molecule has 1 aromatic rings. The number of aromatic nitrogens is 1. The Kier molecular flexibility index (Phi) is 3.69. The zero-order chi connectivity index (χ0) is 10.5. The first-order chi connectivity index (χ1) is 7.36. The van der Waals surface area contributed by atoms with Crippen LogP contribution in [-0.4, -0.2) is 22.2 Å². The molecule has 2 rings (SSSR count). The van der Waals surface area contributed by atoms with Crippen molar-refractivity contribution in [1.82, 2.24) is 10.3 Å². The van der Waals surface area contributed by atoms with Crippen molar-refractivity contribution in [3.8, 4) is 0 Å². The van der Waals surface area contributed by atoms with Crippen molar-refractivity contribution >= 4 is 0 Å². The van der Waals surface area contributed by atoms with E-state index < -0.39 is 0 Å². The molecule has 1 aliphatic carbocycles. The number of pyridine rings is 1. The van der Waals surface area contributed by atoms with Gasteiger partial charge in [0.1, 0.15) is 0 Å². The van der Waals surface area contributed by atoms with Crippen LogP contribution in [0.15, 0.2) is 24.4 Å². The van der Waals surface area contributed by atoms with Crippen LogP contribution in [0.3, 0.4) is 0 Å². The van der Waals surface area contributed by atoms with E-state index in [2.05, 4.69) is 10.3 Å². The lowest BCUT2D eigenvalue weighted by molar-refractivity contribution is 0.0901. The van der Waals surface area contributed by atoms with Gasteiger partial charge in [0.2, 0.25) is 0 Å². The van der Waals surface area contributed by atoms with Gasteiger partial charge in [0.05, 0.1) is 11.8 Å². The molecule has 0 amide bonds. The minimum absolute atomic E-state index is 0.178. The topological polar surface area (TPSA) is 45.1 Å². The number of aliphatic hydroxyl groups is 1. The van der Waals surface area contributed by atoms with Crippen LogP contribution in [0, 0.1) is 0 Å². The van der Waals surface area contributed by atoms with Crippen molar-refractivity contribution in [2.45, 2.75) is 44.4 Å². The summed E-state index contributed by atoms with van der Waals surface area (Å²) in [6.45, 7) is 0.753. The lowest BCUT2D eigenvalue weighted by Crippen LogP contribution is -2.41. The molecule has 1 heterocycles. The SMILES string of the molecule is O[C@H]1CCCC[C@@H]1NCc1ccccn1. The van der Waals surface area contributed by atoms with E-state index in [1.54, 1.807) is 6.20 Å². The fraction of sp³-hybridized carbons (Fsp3) is 0.583. The summed E-state index contributed by atoms with van der Waals surface area (Å²) in [4.78, 5) is 4.24. The molecule has 0 unspecified atom stereocenters. The number of rotatable bonds is 3. The number of nitrogens with one attached hydrogen (secondary N) is 1. The molecule has 0 radical (unpaired) electrons. The molecule has 0 bridgehead atoms. The van der Waals surface area contributed by atoms with Gasteiger partial charge in [0.25, 0.3) is 0 Å². The summed E-state index contributed by atoms with van der Waals surface area (Å²) in [5, 5.41) is 13.1. The highest BCUT2D eigenvalue weighted by atomic mass is 16.3. The summed E-state index contributed by atoms with van der Waals surface area (Å²) in [5.41, 5.74) is 1.04. The van der Waals surface area contributed by atoms with E-state index in [1.807, 2.05) is 18.2 Å². The Bertz CT molecular complexity index is 289. The Morgan fingerprint density at radius 3 is 2.93 bits per heavy atom. The molecule has 2 atom stereocenters. The van der Waals surface area contributed by atoms with Gasteiger partial charge in [-0.1, -0.05) is 18.9 Å². The number of aliphatic hydroxyl groups excluding tert-OH is 1. The van der Waals surface area contributed by atoms with Gasteiger partial charge in [0.15, 0.2) is 0 Å². The van der Waals surface area contributed by atoms with Gasteiger partial charge in [-0.15, -0.1) is 0 Å². The van der Waals surface area contributed by atoms with Gasteiger partial charge in [-0.25, -0.2) is 0 Å². The minimum Gasteiger partial charge on any atom is -0.392 e. The van der Waals surface area contributed by atoms with E-state index in [0.717, 1.165) is 31.5 Å². The summed E-state index contributed by atoms with van der Waals surface area (Å²) in [7, 11) is 0. The second-order valence-electron chi connectivity index (χ2n) is 4.16. The van der Waals surface area contributed by atoms with E-state index in [1.165, 1.54) is 6.42 Å². The molecule has 0 aromatic carbocycles. The maximum Gasteiger partial charge on any atom is 0.0693 e. The second kappa shape index (κ2) is 5.24. The molecule has 82 valence electrons. The third-order valence-corrected chi connectivity index (χ3v) is 3.00. The Balaban J connectivity index is 1.82. The molecular weight excluding hydrogens is 188 g/mol. The average molecular weight is 206 g/mol. The number of nitrogens with zero attached hydrogens (tertiary/aromatic N) is 1. The molecule has 3 nitrogen and oxygen atoms in total. The first-order valence-electron chi connectivity index (χ1n) is 5.67. The molecule has 0 aliphatic heterocycles. The Morgan fingerprint density at radius 1 is 1.33 bits per heavy atom. The van der Waals surface area contributed by atoms with Crippen LogP contribution in [0.2, 0.25) is 0 Å². The first kappa shape index (κ1) is 10.6. The monoisotopic (exact) mass is 206 g/mol. The minimum atomic E-state index is -0.178. The molecule has 15 heavy (non-hydrogen) atoms. The predicted molar refractivity (Wildman–Crippen MR) is 59.3 cm³/mol.